The second kappa shape index (κ2) is 14.2. The largest absolute Gasteiger partial charge is 0.208 e. The van der Waals surface area contributed by atoms with Crippen LogP contribution >= 0.6 is 0 Å². The molecule has 9 rings (SSSR count). The maximum absolute atomic E-state index is 5.01. The Labute approximate surface area is 307 Å². The first-order chi connectivity index (χ1) is 25.7. The zero-order valence-corrected chi connectivity index (χ0v) is 29.6. The summed E-state index contributed by atoms with van der Waals surface area (Å²) in [5.41, 5.74) is 13.8. The minimum absolute atomic E-state index is 0.0102. The third-order valence-corrected chi connectivity index (χ3v) is 11.3. The first kappa shape index (κ1) is 32.3. The zero-order chi connectivity index (χ0) is 34.7. The van der Waals surface area contributed by atoms with Crippen molar-refractivity contribution in [3.8, 4) is 45.0 Å². The molecule has 3 aliphatic carbocycles. The Morgan fingerprint density at radius 1 is 0.462 bits per heavy atom. The third kappa shape index (κ3) is 6.26. The summed E-state index contributed by atoms with van der Waals surface area (Å²) in [5.74, 6) is 2.16. The van der Waals surface area contributed by atoms with Gasteiger partial charge in [0.2, 0.25) is 0 Å². The number of allylic oxidation sites excluding steroid dienone is 5. The van der Waals surface area contributed by atoms with E-state index in [1.165, 1.54) is 63.8 Å². The number of hydrogen-bond acceptors (Lipinski definition) is 3. The van der Waals surface area contributed by atoms with Crippen LogP contribution in [0.4, 0.5) is 0 Å². The predicted octanol–water partition coefficient (Wildman–Crippen LogP) is 12.5. The molecule has 3 heteroatoms. The molecule has 0 N–H and O–H groups in total. The Kier molecular flexibility index (Phi) is 8.78. The fourth-order valence-corrected chi connectivity index (χ4v) is 8.53. The van der Waals surface area contributed by atoms with Crippen molar-refractivity contribution < 1.29 is 0 Å². The van der Waals surface area contributed by atoms with Crippen molar-refractivity contribution >= 4 is 11.6 Å². The van der Waals surface area contributed by atoms with Crippen molar-refractivity contribution in [3.63, 3.8) is 0 Å². The highest BCUT2D eigenvalue weighted by Crippen LogP contribution is 2.46. The molecule has 0 atom stereocenters. The van der Waals surface area contributed by atoms with Gasteiger partial charge in [-0.05, 0) is 89.1 Å². The number of benzene rings is 5. The molecule has 6 aromatic rings. The lowest BCUT2D eigenvalue weighted by Gasteiger charge is -2.39. The van der Waals surface area contributed by atoms with Gasteiger partial charge in [0.15, 0.2) is 17.5 Å². The predicted molar refractivity (Wildman–Crippen MR) is 216 cm³/mol. The lowest BCUT2D eigenvalue weighted by atomic mass is 9.65. The van der Waals surface area contributed by atoms with Crippen molar-refractivity contribution in [1.82, 2.24) is 15.0 Å². The molecule has 0 amide bonds. The quantitative estimate of drug-likeness (QED) is 0.169. The number of rotatable bonds is 7. The maximum Gasteiger partial charge on any atom is 0.164 e. The monoisotopic (exact) mass is 673 g/mol. The average molecular weight is 674 g/mol. The minimum Gasteiger partial charge on any atom is -0.208 e. The van der Waals surface area contributed by atoms with E-state index in [-0.39, 0.29) is 5.41 Å². The number of fused-ring (bicyclic) bond motifs is 1. The smallest absolute Gasteiger partial charge is 0.164 e. The molecule has 3 nitrogen and oxygen atoms in total. The van der Waals surface area contributed by atoms with Crippen LogP contribution in [-0.4, -0.2) is 15.0 Å². The normalized spacial score (nSPS) is 16.3. The number of nitrogens with zero attached hydrogens (tertiary/aromatic N) is 3. The van der Waals surface area contributed by atoms with Crippen molar-refractivity contribution in [2.45, 2.75) is 63.2 Å². The van der Waals surface area contributed by atoms with Crippen LogP contribution in [0.1, 0.15) is 79.4 Å². The van der Waals surface area contributed by atoms with Gasteiger partial charge in [-0.3, -0.25) is 0 Å². The van der Waals surface area contributed by atoms with Gasteiger partial charge in [-0.1, -0.05) is 165 Å². The number of hydrogen-bond donors (Lipinski definition) is 0. The molecule has 52 heavy (non-hydrogen) atoms. The molecule has 0 aliphatic heterocycles. The molecule has 0 bridgehead atoms. The van der Waals surface area contributed by atoms with Gasteiger partial charge in [0.25, 0.3) is 0 Å². The van der Waals surface area contributed by atoms with Crippen LogP contribution in [-0.2, 0) is 11.8 Å². The Morgan fingerprint density at radius 3 is 1.83 bits per heavy atom. The summed E-state index contributed by atoms with van der Waals surface area (Å²) in [4.78, 5) is 14.9. The lowest BCUT2D eigenvalue weighted by Crippen LogP contribution is -2.30. The molecule has 1 fully saturated rings. The van der Waals surface area contributed by atoms with E-state index in [4.69, 9.17) is 15.0 Å². The highest BCUT2D eigenvalue weighted by atomic mass is 15.0. The van der Waals surface area contributed by atoms with Gasteiger partial charge in [-0.2, -0.15) is 0 Å². The van der Waals surface area contributed by atoms with E-state index in [0.717, 1.165) is 61.0 Å². The molecule has 5 aromatic carbocycles. The average Bonchev–Trinajstić information content (AvgIpc) is 3.24. The van der Waals surface area contributed by atoms with Gasteiger partial charge in [0, 0.05) is 22.1 Å². The SMILES string of the molecule is C1=CC(c2nc(-c3ccccc3)nc(-c3ccc(C4(c5ccc(-c6cccc(-c7cccc8c7C=CCC8)c6)cc5)CCCCC4)cc3)n2)=CCC1. The topological polar surface area (TPSA) is 38.7 Å². The van der Waals surface area contributed by atoms with Crippen LogP contribution in [0, 0.1) is 0 Å². The summed E-state index contributed by atoms with van der Waals surface area (Å²) < 4.78 is 0. The van der Waals surface area contributed by atoms with Crippen LogP contribution in [0.15, 0.2) is 146 Å². The van der Waals surface area contributed by atoms with Gasteiger partial charge >= 0.3 is 0 Å². The Hall–Kier alpha value is -5.67. The van der Waals surface area contributed by atoms with Crippen molar-refractivity contribution in [1.29, 1.82) is 0 Å². The molecule has 1 saturated carbocycles. The van der Waals surface area contributed by atoms with Crippen LogP contribution in [0.3, 0.4) is 0 Å². The van der Waals surface area contributed by atoms with Gasteiger partial charge in [0.1, 0.15) is 0 Å². The molecule has 0 saturated heterocycles. The second-order valence-corrected chi connectivity index (χ2v) is 14.5. The summed E-state index contributed by atoms with van der Waals surface area (Å²) in [6.07, 6.45) is 21.6. The maximum atomic E-state index is 5.01. The molecule has 1 heterocycles. The third-order valence-electron chi connectivity index (χ3n) is 11.3. The molecule has 0 unspecified atom stereocenters. The van der Waals surface area contributed by atoms with E-state index in [9.17, 15) is 0 Å². The van der Waals surface area contributed by atoms with E-state index in [1.54, 1.807) is 0 Å². The van der Waals surface area contributed by atoms with E-state index in [0.29, 0.717) is 11.6 Å². The number of aromatic nitrogens is 3. The Balaban J connectivity index is 1.04. The van der Waals surface area contributed by atoms with Crippen molar-refractivity contribution in [2.75, 3.05) is 0 Å². The van der Waals surface area contributed by atoms with Gasteiger partial charge in [-0.25, -0.2) is 15.0 Å². The van der Waals surface area contributed by atoms with Crippen molar-refractivity contribution in [3.05, 3.63) is 174 Å². The first-order valence-corrected chi connectivity index (χ1v) is 19.0. The molecule has 0 spiro atoms. The summed E-state index contributed by atoms with van der Waals surface area (Å²) in [7, 11) is 0. The number of aryl methyl sites for hydroxylation is 1. The van der Waals surface area contributed by atoms with E-state index >= 15 is 0 Å². The summed E-state index contributed by atoms with van der Waals surface area (Å²) in [5, 5.41) is 0. The molecule has 254 valence electrons. The fraction of sp³-hybridized carbons (Fsp3) is 0.204. The lowest BCUT2D eigenvalue weighted by molar-refractivity contribution is 0.346. The van der Waals surface area contributed by atoms with Crippen LogP contribution in [0.5, 0.6) is 0 Å². The zero-order valence-electron chi connectivity index (χ0n) is 29.6. The highest BCUT2D eigenvalue weighted by Gasteiger charge is 2.35. The molecule has 1 aromatic heterocycles. The second-order valence-electron chi connectivity index (χ2n) is 14.5. The Morgan fingerprint density at radius 2 is 1.10 bits per heavy atom. The van der Waals surface area contributed by atoms with E-state index < -0.39 is 0 Å². The van der Waals surface area contributed by atoms with Gasteiger partial charge in [-0.15, -0.1) is 0 Å². The summed E-state index contributed by atoms with van der Waals surface area (Å²) in [6, 6.07) is 44.6. The summed E-state index contributed by atoms with van der Waals surface area (Å²) in [6.45, 7) is 0. The molecule has 3 aliphatic rings. The van der Waals surface area contributed by atoms with Crippen LogP contribution in [0.2, 0.25) is 0 Å². The minimum atomic E-state index is -0.0102. The van der Waals surface area contributed by atoms with Crippen molar-refractivity contribution in [2.24, 2.45) is 0 Å². The molecular formula is C49H43N3. The fourth-order valence-electron chi connectivity index (χ4n) is 8.53. The van der Waals surface area contributed by atoms with Gasteiger partial charge in [0.05, 0.1) is 0 Å². The summed E-state index contributed by atoms with van der Waals surface area (Å²) >= 11 is 0. The van der Waals surface area contributed by atoms with Crippen LogP contribution in [0.25, 0.3) is 56.7 Å². The highest BCUT2D eigenvalue weighted by molar-refractivity contribution is 5.81. The van der Waals surface area contributed by atoms with E-state index in [2.05, 4.69) is 134 Å². The molecular weight excluding hydrogens is 631 g/mol. The first-order valence-electron chi connectivity index (χ1n) is 19.0. The Bertz CT molecular complexity index is 2300. The standard InChI is InChI=1S/C49H43N3/c1-4-15-37(16-5-1)46-50-47(38-17-6-2-7-18-38)52-48(51-46)39-26-30-43(31-27-39)49(32-10-3-11-33-49)42-28-24-35(25-29-42)40-20-12-21-41(34-40)45-23-13-19-36-14-8-9-22-44(36)45/h1,4-6,9,12-13,15-31,34H,2-3,7-8,10-11,14,32-33H2. The van der Waals surface area contributed by atoms with Crippen LogP contribution < -0.4 is 0 Å². The molecule has 0 radical (unpaired) electrons. The van der Waals surface area contributed by atoms with E-state index in [1.807, 2.05) is 18.2 Å². The van der Waals surface area contributed by atoms with Gasteiger partial charge < -0.3 is 0 Å².